The number of hydrogen-bond donors (Lipinski definition) is 2. The summed E-state index contributed by atoms with van der Waals surface area (Å²) in [4.78, 5) is 0. The van der Waals surface area contributed by atoms with E-state index in [4.69, 9.17) is 9.47 Å². The molecule has 0 aliphatic carbocycles. The molecule has 0 spiro atoms. The molecule has 2 unspecified atom stereocenters. The molecule has 1 heterocycles. The molecule has 4 heteroatoms. The fourth-order valence-electron chi connectivity index (χ4n) is 2.14. The molecule has 0 radical (unpaired) electrons. The van der Waals surface area contributed by atoms with Crippen LogP contribution in [-0.4, -0.2) is 30.9 Å². The Labute approximate surface area is 114 Å². The topological polar surface area (TPSA) is 50.7 Å². The summed E-state index contributed by atoms with van der Waals surface area (Å²) in [6, 6.07) is 5.69. The maximum absolute atomic E-state index is 10.3. The van der Waals surface area contributed by atoms with Gasteiger partial charge in [0.25, 0.3) is 0 Å². The Morgan fingerprint density at radius 3 is 2.74 bits per heavy atom. The van der Waals surface area contributed by atoms with E-state index >= 15 is 0 Å². The third-order valence-electron chi connectivity index (χ3n) is 3.30. The van der Waals surface area contributed by atoms with Crippen molar-refractivity contribution >= 4 is 0 Å². The van der Waals surface area contributed by atoms with E-state index < -0.39 is 6.10 Å². The summed E-state index contributed by atoms with van der Waals surface area (Å²) in [6.45, 7) is 6.35. The molecule has 1 aliphatic heterocycles. The van der Waals surface area contributed by atoms with Crippen molar-refractivity contribution in [2.45, 2.75) is 38.8 Å². The van der Waals surface area contributed by atoms with Crippen LogP contribution in [0.25, 0.3) is 0 Å². The molecule has 19 heavy (non-hydrogen) atoms. The first-order valence-corrected chi connectivity index (χ1v) is 7.03. The number of hydrogen-bond acceptors (Lipinski definition) is 4. The predicted molar refractivity (Wildman–Crippen MR) is 74.8 cm³/mol. The quantitative estimate of drug-likeness (QED) is 0.857. The summed E-state index contributed by atoms with van der Waals surface area (Å²) in [6.07, 6.45) is 1.41. The smallest absolute Gasteiger partial charge is 0.161 e. The lowest BCUT2D eigenvalue weighted by molar-refractivity contribution is 0.136. The second-order valence-electron chi connectivity index (χ2n) is 4.94. The monoisotopic (exact) mass is 265 g/mol. The third kappa shape index (κ3) is 3.61. The van der Waals surface area contributed by atoms with Gasteiger partial charge in [0.1, 0.15) is 0 Å². The highest BCUT2D eigenvalue weighted by molar-refractivity contribution is 5.44. The van der Waals surface area contributed by atoms with Gasteiger partial charge in [-0.05, 0) is 37.6 Å². The van der Waals surface area contributed by atoms with Crippen LogP contribution in [0.4, 0.5) is 0 Å². The van der Waals surface area contributed by atoms with Crippen molar-refractivity contribution in [2.24, 2.45) is 0 Å². The molecule has 0 saturated heterocycles. The van der Waals surface area contributed by atoms with Crippen molar-refractivity contribution in [3.05, 3.63) is 23.8 Å². The molecule has 1 aromatic rings. The lowest BCUT2D eigenvalue weighted by atomic mass is 10.0. The van der Waals surface area contributed by atoms with Crippen LogP contribution < -0.4 is 14.8 Å². The molecule has 0 amide bonds. The highest BCUT2D eigenvalue weighted by atomic mass is 16.5. The standard InChI is InChI=1S/C15H23NO3/c1-3-7-16-11(2)15(17)12-5-6-13-14(10-12)19-9-4-8-18-13/h5-6,10-11,15-17H,3-4,7-9H2,1-2H3. The van der Waals surface area contributed by atoms with Crippen molar-refractivity contribution in [1.29, 1.82) is 0 Å². The maximum atomic E-state index is 10.3. The number of aliphatic hydroxyl groups is 1. The molecule has 2 rings (SSSR count). The van der Waals surface area contributed by atoms with Crippen molar-refractivity contribution in [2.75, 3.05) is 19.8 Å². The minimum absolute atomic E-state index is 0.0182. The summed E-state index contributed by atoms with van der Waals surface area (Å²) in [7, 11) is 0. The van der Waals surface area contributed by atoms with Crippen molar-refractivity contribution in [1.82, 2.24) is 5.32 Å². The first-order valence-electron chi connectivity index (χ1n) is 7.03. The molecule has 4 nitrogen and oxygen atoms in total. The van der Waals surface area contributed by atoms with Crippen molar-refractivity contribution < 1.29 is 14.6 Å². The molecule has 2 atom stereocenters. The average molecular weight is 265 g/mol. The summed E-state index contributed by atoms with van der Waals surface area (Å²) in [5.41, 5.74) is 0.861. The largest absolute Gasteiger partial charge is 0.490 e. The van der Waals surface area contributed by atoms with Crippen LogP contribution in [0.5, 0.6) is 11.5 Å². The van der Waals surface area contributed by atoms with Crippen LogP contribution >= 0.6 is 0 Å². The normalized spacial score (nSPS) is 17.6. The van der Waals surface area contributed by atoms with Crippen LogP contribution in [0.1, 0.15) is 38.4 Å². The zero-order chi connectivity index (χ0) is 13.7. The number of aliphatic hydroxyl groups excluding tert-OH is 1. The molecular formula is C15H23NO3. The zero-order valence-electron chi connectivity index (χ0n) is 11.7. The van der Waals surface area contributed by atoms with Gasteiger partial charge in [0.15, 0.2) is 11.5 Å². The van der Waals surface area contributed by atoms with Gasteiger partial charge >= 0.3 is 0 Å². The van der Waals surface area contributed by atoms with E-state index in [1.54, 1.807) is 0 Å². The van der Waals surface area contributed by atoms with Crippen LogP contribution in [-0.2, 0) is 0 Å². The van der Waals surface area contributed by atoms with E-state index in [9.17, 15) is 5.11 Å². The Hall–Kier alpha value is -1.26. The van der Waals surface area contributed by atoms with Crippen LogP contribution in [0.15, 0.2) is 18.2 Å². The lowest BCUT2D eigenvalue weighted by Gasteiger charge is -2.21. The van der Waals surface area contributed by atoms with Gasteiger partial charge < -0.3 is 19.9 Å². The highest BCUT2D eigenvalue weighted by Crippen LogP contribution is 2.32. The Morgan fingerprint density at radius 2 is 2.00 bits per heavy atom. The van der Waals surface area contributed by atoms with Crippen molar-refractivity contribution in [3.63, 3.8) is 0 Å². The van der Waals surface area contributed by atoms with Gasteiger partial charge in [-0.25, -0.2) is 0 Å². The van der Waals surface area contributed by atoms with Crippen LogP contribution in [0, 0.1) is 0 Å². The van der Waals surface area contributed by atoms with Gasteiger partial charge in [0.05, 0.1) is 19.3 Å². The predicted octanol–water partition coefficient (Wildman–Crippen LogP) is 2.27. The zero-order valence-corrected chi connectivity index (χ0v) is 11.7. The molecular weight excluding hydrogens is 242 g/mol. The number of rotatable bonds is 5. The summed E-state index contributed by atoms with van der Waals surface area (Å²) >= 11 is 0. The molecule has 0 aromatic heterocycles. The summed E-state index contributed by atoms with van der Waals surface area (Å²) in [5.74, 6) is 1.50. The minimum Gasteiger partial charge on any atom is -0.490 e. The van der Waals surface area contributed by atoms with Gasteiger partial charge in [-0.2, -0.15) is 0 Å². The van der Waals surface area contributed by atoms with Gasteiger partial charge in [0.2, 0.25) is 0 Å². The van der Waals surface area contributed by atoms with E-state index in [0.29, 0.717) is 13.2 Å². The van der Waals surface area contributed by atoms with E-state index in [2.05, 4.69) is 12.2 Å². The van der Waals surface area contributed by atoms with Gasteiger partial charge in [-0.15, -0.1) is 0 Å². The number of benzene rings is 1. The Morgan fingerprint density at radius 1 is 1.26 bits per heavy atom. The first-order chi connectivity index (χ1) is 9.22. The number of ether oxygens (including phenoxy) is 2. The van der Waals surface area contributed by atoms with E-state index in [-0.39, 0.29) is 6.04 Å². The Bertz CT molecular complexity index is 408. The molecule has 1 aliphatic rings. The first kappa shape index (κ1) is 14.2. The molecule has 0 bridgehead atoms. The SMILES string of the molecule is CCCNC(C)C(O)c1ccc2c(c1)OCCCO2. The summed E-state index contributed by atoms with van der Waals surface area (Å²) < 4.78 is 11.2. The van der Waals surface area contributed by atoms with Crippen LogP contribution in [0.3, 0.4) is 0 Å². The highest BCUT2D eigenvalue weighted by Gasteiger charge is 2.18. The minimum atomic E-state index is -0.538. The van der Waals surface area contributed by atoms with Gasteiger partial charge in [-0.1, -0.05) is 13.0 Å². The average Bonchev–Trinajstić information content (AvgIpc) is 2.68. The van der Waals surface area contributed by atoms with Gasteiger partial charge in [0, 0.05) is 12.5 Å². The fourth-order valence-corrected chi connectivity index (χ4v) is 2.14. The van der Waals surface area contributed by atoms with Crippen LogP contribution in [0.2, 0.25) is 0 Å². The second kappa shape index (κ2) is 6.78. The number of nitrogens with one attached hydrogen (secondary N) is 1. The van der Waals surface area contributed by atoms with Gasteiger partial charge in [-0.3, -0.25) is 0 Å². The second-order valence-corrected chi connectivity index (χ2v) is 4.94. The Kier molecular flexibility index (Phi) is 5.05. The molecule has 0 saturated carbocycles. The van der Waals surface area contributed by atoms with Crippen molar-refractivity contribution in [3.8, 4) is 11.5 Å². The number of fused-ring (bicyclic) bond motifs is 1. The molecule has 106 valence electrons. The third-order valence-corrected chi connectivity index (χ3v) is 3.30. The molecule has 1 aromatic carbocycles. The van der Waals surface area contributed by atoms with E-state index in [0.717, 1.165) is 36.4 Å². The Balaban J connectivity index is 2.09. The fraction of sp³-hybridized carbons (Fsp3) is 0.600. The molecule has 0 fully saturated rings. The van der Waals surface area contributed by atoms with E-state index in [1.807, 2.05) is 25.1 Å². The lowest BCUT2D eigenvalue weighted by Crippen LogP contribution is -2.32. The molecule has 2 N–H and O–H groups in total. The van der Waals surface area contributed by atoms with E-state index in [1.165, 1.54) is 0 Å². The maximum Gasteiger partial charge on any atom is 0.161 e. The summed E-state index contributed by atoms with van der Waals surface area (Å²) in [5, 5.41) is 13.6.